The maximum Gasteiger partial charge on any atom is 0.224 e. The number of benzene rings is 1. The molecule has 20 heavy (non-hydrogen) atoms. The molecule has 1 unspecified atom stereocenters. The van der Waals surface area contributed by atoms with Crippen LogP contribution in [0.1, 0.15) is 24.8 Å². The molecule has 2 aliphatic heterocycles. The van der Waals surface area contributed by atoms with Crippen LogP contribution in [0, 0.1) is 5.92 Å². The van der Waals surface area contributed by atoms with Crippen LogP contribution < -0.4 is 15.4 Å². The molecule has 1 saturated heterocycles. The van der Waals surface area contributed by atoms with Crippen molar-refractivity contribution >= 4 is 24.0 Å². The monoisotopic (exact) mass is 296 g/mol. The number of halogens is 1. The fraction of sp³-hybridized carbons (Fsp3) is 0.533. The molecule has 4 nitrogen and oxygen atoms in total. The second kappa shape index (κ2) is 6.95. The molecular weight excluding hydrogens is 276 g/mol. The number of ether oxygens (including phenoxy) is 1. The first-order chi connectivity index (χ1) is 9.31. The van der Waals surface area contributed by atoms with Crippen molar-refractivity contribution in [3.63, 3.8) is 0 Å². The summed E-state index contributed by atoms with van der Waals surface area (Å²) in [5, 5.41) is 6.31. The van der Waals surface area contributed by atoms with E-state index in [2.05, 4.69) is 10.6 Å². The van der Waals surface area contributed by atoms with Crippen LogP contribution in [0.4, 0.5) is 5.69 Å². The van der Waals surface area contributed by atoms with Gasteiger partial charge in [-0.3, -0.25) is 4.79 Å². The lowest BCUT2D eigenvalue weighted by molar-refractivity contribution is -0.116. The minimum absolute atomic E-state index is 0. The number of fused-ring (bicyclic) bond motifs is 1. The van der Waals surface area contributed by atoms with Gasteiger partial charge in [-0.1, -0.05) is 0 Å². The Hall–Kier alpha value is -1.26. The summed E-state index contributed by atoms with van der Waals surface area (Å²) in [4.78, 5) is 11.9. The topological polar surface area (TPSA) is 50.4 Å². The number of carbonyl (C=O) groups is 1. The predicted octanol–water partition coefficient (Wildman–Crippen LogP) is 2.37. The van der Waals surface area contributed by atoms with Gasteiger partial charge in [-0.05, 0) is 55.6 Å². The molecule has 1 fully saturated rings. The van der Waals surface area contributed by atoms with E-state index in [-0.39, 0.29) is 18.3 Å². The van der Waals surface area contributed by atoms with E-state index < -0.39 is 0 Å². The Morgan fingerprint density at radius 3 is 3.15 bits per heavy atom. The molecule has 0 saturated carbocycles. The Bertz CT molecular complexity index is 473. The van der Waals surface area contributed by atoms with E-state index in [4.69, 9.17) is 4.74 Å². The van der Waals surface area contributed by atoms with Crippen LogP contribution in [0.25, 0.3) is 0 Å². The molecule has 0 bridgehead atoms. The standard InChI is InChI=1S/C15H20N2O2.ClH/c18-15(4-1-11-5-7-16-10-11)17-13-2-3-14-12(9-13)6-8-19-14;/h2-3,9,11,16H,1,4-8,10H2,(H,17,18);1H. The van der Waals surface area contributed by atoms with Gasteiger partial charge in [0.2, 0.25) is 5.91 Å². The van der Waals surface area contributed by atoms with Crippen molar-refractivity contribution in [3.05, 3.63) is 23.8 Å². The molecule has 110 valence electrons. The summed E-state index contributed by atoms with van der Waals surface area (Å²) < 4.78 is 5.45. The van der Waals surface area contributed by atoms with Gasteiger partial charge in [0.1, 0.15) is 5.75 Å². The summed E-state index contributed by atoms with van der Waals surface area (Å²) in [5.74, 6) is 1.74. The summed E-state index contributed by atoms with van der Waals surface area (Å²) in [6, 6.07) is 5.88. The largest absolute Gasteiger partial charge is 0.493 e. The van der Waals surface area contributed by atoms with E-state index in [9.17, 15) is 4.79 Å². The van der Waals surface area contributed by atoms with Crippen molar-refractivity contribution < 1.29 is 9.53 Å². The average Bonchev–Trinajstić information content (AvgIpc) is 3.07. The molecule has 1 aromatic carbocycles. The third-order valence-corrected chi connectivity index (χ3v) is 3.92. The first kappa shape index (κ1) is 15.1. The SMILES string of the molecule is Cl.O=C(CCC1CCNC1)Nc1ccc2c(c1)CCO2. The van der Waals surface area contributed by atoms with Crippen molar-refractivity contribution in [1.82, 2.24) is 5.32 Å². The number of hydrogen-bond donors (Lipinski definition) is 2. The van der Waals surface area contributed by atoms with Gasteiger partial charge in [-0.2, -0.15) is 0 Å². The summed E-state index contributed by atoms with van der Waals surface area (Å²) in [5.41, 5.74) is 2.08. The van der Waals surface area contributed by atoms with Gasteiger partial charge in [0.25, 0.3) is 0 Å². The van der Waals surface area contributed by atoms with Gasteiger partial charge in [-0.25, -0.2) is 0 Å². The second-order valence-corrected chi connectivity index (χ2v) is 5.37. The Kier molecular flexibility index (Phi) is 5.26. The highest BCUT2D eigenvalue weighted by atomic mass is 35.5. The van der Waals surface area contributed by atoms with Crippen molar-refractivity contribution in [2.45, 2.75) is 25.7 Å². The normalized spacial score (nSPS) is 19.9. The van der Waals surface area contributed by atoms with Gasteiger partial charge in [0.15, 0.2) is 0 Å². The van der Waals surface area contributed by atoms with Gasteiger partial charge in [0, 0.05) is 18.5 Å². The molecule has 1 aromatic rings. The number of carbonyl (C=O) groups excluding carboxylic acids is 1. The van der Waals surface area contributed by atoms with Crippen LogP contribution in [-0.4, -0.2) is 25.6 Å². The molecule has 0 aromatic heterocycles. The van der Waals surface area contributed by atoms with E-state index in [0.29, 0.717) is 12.3 Å². The van der Waals surface area contributed by atoms with Gasteiger partial charge in [0.05, 0.1) is 6.61 Å². The summed E-state index contributed by atoms with van der Waals surface area (Å²) in [6.45, 7) is 2.90. The minimum Gasteiger partial charge on any atom is -0.493 e. The molecule has 1 atom stereocenters. The molecule has 1 amide bonds. The highest BCUT2D eigenvalue weighted by Crippen LogP contribution is 2.28. The minimum atomic E-state index is 0. The summed E-state index contributed by atoms with van der Waals surface area (Å²) in [6.07, 6.45) is 3.73. The Balaban J connectivity index is 0.00000147. The van der Waals surface area contributed by atoms with E-state index in [1.165, 1.54) is 12.0 Å². The smallest absolute Gasteiger partial charge is 0.224 e. The lowest BCUT2D eigenvalue weighted by Gasteiger charge is -2.09. The zero-order valence-corrected chi connectivity index (χ0v) is 12.3. The summed E-state index contributed by atoms with van der Waals surface area (Å²) >= 11 is 0. The van der Waals surface area contributed by atoms with E-state index in [1.54, 1.807) is 0 Å². The van der Waals surface area contributed by atoms with Gasteiger partial charge in [-0.15, -0.1) is 12.4 Å². The van der Waals surface area contributed by atoms with Crippen LogP contribution in [0.3, 0.4) is 0 Å². The van der Waals surface area contributed by atoms with Crippen LogP contribution >= 0.6 is 12.4 Å². The van der Waals surface area contributed by atoms with Crippen molar-refractivity contribution in [1.29, 1.82) is 0 Å². The Morgan fingerprint density at radius 2 is 2.35 bits per heavy atom. The van der Waals surface area contributed by atoms with Crippen LogP contribution in [0.5, 0.6) is 5.75 Å². The summed E-state index contributed by atoms with van der Waals surface area (Å²) in [7, 11) is 0. The predicted molar refractivity (Wildman–Crippen MR) is 81.7 cm³/mol. The zero-order valence-electron chi connectivity index (χ0n) is 11.5. The molecule has 2 N–H and O–H groups in total. The number of anilines is 1. The first-order valence-electron chi connectivity index (χ1n) is 7.07. The lowest BCUT2D eigenvalue weighted by Crippen LogP contribution is -2.15. The molecule has 2 aliphatic rings. The maximum absolute atomic E-state index is 11.9. The first-order valence-corrected chi connectivity index (χ1v) is 7.07. The molecule has 0 radical (unpaired) electrons. The highest BCUT2D eigenvalue weighted by molar-refractivity contribution is 5.90. The van der Waals surface area contributed by atoms with Crippen molar-refractivity contribution in [2.75, 3.05) is 25.0 Å². The molecule has 0 spiro atoms. The molecule has 3 rings (SSSR count). The lowest BCUT2D eigenvalue weighted by atomic mass is 10.0. The average molecular weight is 297 g/mol. The fourth-order valence-electron chi connectivity index (χ4n) is 2.78. The maximum atomic E-state index is 11.9. The Morgan fingerprint density at radius 1 is 1.45 bits per heavy atom. The zero-order chi connectivity index (χ0) is 13.1. The van der Waals surface area contributed by atoms with E-state index in [0.717, 1.165) is 44.0 Å². The fourth-order valence-corrected chi connectivity index (χ4v) is 2.78. The van der Waals surface area contributed by atoms with Crippen LogP contribution in [0.2, 0.25) is 0 Å². The van der Waals surface area contributed by atoms with E-state index >= 15 is 0 Å². The second-order valence-electron chi connectivity index (χ2n) is 5.37. The van der Waals surface area contributed by atoms with Crippen LogP contribution in [-0.2, 0) is 11.2 Å². The van der Waals surface area contributed by atoms with Gasteiger partial charge >= 0.3 is 0 Å². The van der Waals surface area contributed by atoms with Gasteiger partial charge < -0.3 is 15.4 Å². The van der Waals surface area contributed by atoms with Crippen molar-refractivity contribution in [2.24, 2.45) is 5.92 Å². The van der Waals surface area contributed by atoms with Crippen LogP contribution in [0.15, 0.2) is 18.2 Å². The number of amides is 1. The van der Waals surface area contributed by atoms with E-state index in [1.807, 2.05) is 18.2 Å². The molecular formula is C15H21ClN2O2. The number of rotatable bonds is 4. The number of hydrogen-bond acceptors (Lipinski definition) is 3. The number of nitrogens with one attached hydrogen (secondary N) is 2. The molecule has 5 heteroatoms. The van der Waals surface area contributed by atoms with Crippen molar-refractivity contribution in [3.8, 4) is 5.75 Å². The Labute approximate surface area is 125 Å². The quantitative estimate of drug-likeness (QED) is 0.897. The third kappa shape index (κ3) is 3.64. The molecule has 2 heterocycles. The highest BCUT2D eigenvalue weighted by Gasteiger charge is 2.16. The third-order valence-electron chi connectivity index (χ3n) is 3.92. The molecule has 0 aliphatic carbocycles.